The molecule has 3 N–H and O–H groups in total. The highest BCUT2D eigenvalue weighted by Crippen LogP contribution is 2.28. The molecular formula is C19H19F2N3O4S. The molecule has 0 aromatic heterocycles. The average Bonchev–Trinajstić information content (AvgIpc) is 2.72. The molecule has 0 radical (unpaired) electrons. The van der Waals surface area contributed by atoms with E-state index < -0.39 is 44.7 Å². The van der Waals surface area contributed by atoms with E-state index >= 15 is 0 Å². The third kappa shape index (κ3) is 4.07. The maximum Gasteiger partial charge on any atom is 0.262 e. The van der Waals surface area contributed by atoms with Crippen LogP contribution in [0.25, 0.3) is 0 Å². The van der Waals surface area contributed by atoms with Crippen molar-refractivity contribution in [3.8, 4) is 0 Å². The van der Waals surface area contributed by atoms with Crippen LogP contribution in [0.5, 0.6) is 0 Å². The Kier molecular flexibility index (Phi) is 5.31. The number of halogens is 2. The van der Waals surface area contributed by atoms with Gasteiger partial charge in [-0.15, -0.1) is 0 Å². The number of anilines is 2. The van der Waals surface area contributed by atoms with E-state index in [1.165, 1.54) is 12.1 Å². The second-order valence-electron chi connectivity index (χ2n) is 6.93. The van der Waals surface area contributed by atoms with Gasteiger partial charge in [0.15, 0.2) is 0 Å². The number of benzene rings is 2. The molecule has 0 aliphatic carbocycles. The third-order valence-electron chi connectivity index (χ3n) is 4.61. The Morgan fingerprint density at radius 2 is 1.83 bits per heavy atom. The van der Waals surface area contributed by atoms with Gasteiger partial charge in [0, 0.05) is 6.07 Å². The molecule has 10 heteroatoms. The first-order valence-electron chi connectivity index (χ1n) is 8.81. The number of carbonyl (C=O) groups is 2. The van der Waals surface area contributed by atoms with Crippen molar-refractivity contribution in [2.24, 2.45) is 0 Å². The van der Waals surface area contributed by atoms with Gasteiger partial charge in [-0.05, 0) is 43.7 Å². The van der Waals surface area contributed by atoms with Crippen LogP contribution in [0.4, 0.5) is 20.2 Å². The summed E-state index contributed by atoms with van der Waals surface area (Å²) in [6.07, 6.45) is 1.04. The first kappa shape index (κ1) is 20.7. The van der Waals surface area contributed by atoms with Crippen LogP contribution in [0.3, 0.4) is 0 Å². The van der Waals surface area contributed by atoms with E-state index in [1.54, 1.807) is 6.92 Å². The zero-order chi connectivity index (χ0) is 21.4. The molecule has 0 saturated carbocycles. The maximum atomic E-state index is 13.8. The summed E-state index contributed by atoms with van der Waals surface area (Å²) in [5.41, 5.74) is -1.45. The molecule has 2 amide bonds. The van der Waals surface area contributed by atoms with Crippen molar-refractivity contribution >= 4 is 33.2 Å². The number of hydrogen-bond donors (Lipinski definition) is 3. The van der Waals surface area contributed by atoms with Gasteiger partial charge >= 0.3 is 0 Å². The molecule has 1 atom stereocenters. The Morgan fingerprint density at radius 1 is 1.10 bits per heavy atom. The Hall–Kier alpha value is -3.01. The van der Waals surface area contributed by atoms with Crippen LogP contribution < -0.4 is 15.4 Å². The number of hydrogen-bond acceptors (Lipinski definition) is 4. The first-order chi connectivity index (χ1) is 13.6. The zero-order valence-corrected chi connectivity index (χ0v) is 16.5. The summed E-state index contributed by atoms with van der Waals surface area (Å²) >= 11 is 0. The van der Waals surface area contributed by atoms with Crippen LogP contribution in [-0.2, 0) is 14.8 Å². The SMILES string of the molecule is CCCC1(C)NC(=O)c2cc(S(=O)(=O)Nc3ccc(F)cc3F)ccc2NC1=O. The predicted molar refractivity (Wildman–Crippen MR) is 103 cm³/mol. The lowest BCUT2D eigenvalue weighted by Gasteiger charge is -2.26. The Morgan fingerprint density at radius 3 is 2.48 bits per heavy atom. The monoisotopic (exact) mass is 423 g/mol. The van der Waals surface area contributed by atoms with Gasteiger partial charge in [-0.3, -0.25) is 14.3 Å². The van der Waals surface area contributed by atoms with Crippen molar-refractivity contribution in [1.29, 1.82) is 0 Å². The van der Waals surface area contributed by atoms with Crippen LogP contribution in [-0.4, -0.2) is 25.8 Å². The van der Waals surface area contributed by atoms with E-state index in [1.807, 2.05) is 11.6 Å². The van der Waals surface area contributed by atoms with Crippen molar-refractivity contribution in [2.75, 3.05) is 10.0 Å². The molecule has 1 heterocycles. The van der Waals surface area contributed by atoms with E-state index in [2.05, 4.69) is 10.6 Å². The molecule has 1 aliphatic heterocycles. The number of fused-ring (bicyclic) bond motifs is 1. The quantitative estimate of drug-likeness (QED) is 0.688. The van der Waals surface area contributed by atoms with Crippen molar-refractivity contribution in [3.63, 3.8) is 0 Å². The van der Waals surface area contributed by atoms with Crippen LogP contribution in [0.1, 0.15) is 37.0 Å². The molecule has 2 aromatic carbocycles. The fourth-order valence-corrected chi connectivity index (χ4v) is 4.17. The molecule has 7 nitrogen and oxygen atoms in total. The lowest BCUT2D eigenvalue weighted by Crippen LogP contribution is -2.52. The normalized spacial score (nSPS) is 19.0. The largest absolute Gasteiger partial charge is 0.338 e. The lowest BCUT2D eigenvalue weighted by atomic mass is 9.95. The van der Waals surface area contributed by atoms with Crippen molar-refractivity contribution in [2.45, 2.75) is 37.1 Å². The summed E-state index contributed by atoms with van der Waals surface area (Å²) in [5.74, 6) is -2.95. The molecule has 1 unspecified atom stereocenters. The highest BCUT2D eigenvalue weighted by molar-refractivity contribution is 7.92. The number of amides is 2. The van der Waals surface area contributed by atoms with Gasteiger partial charge in [0.1, 0.15) is 17.2 Å². The van der Waals surface area contributed by atoms with E-state index in [9.17, 15) is 26.8 Å². The summed E-state index contributed by atoms with van der Waals surface area (Å²) in [7, 11) is -4.28. The Bertz CT molecular complexity index is 1100. The molecule has 29 heavy (non-hydrogen) atoms. The van der Waals surface area contributed by atoms with Gasteiger partial charge in [0.2, 0.25) is 5.91 Å². The molecule has 0 saturated heterocycles. The fourth-order valence-electron chi connectivity index (χ4n) is 3.07. The van der Waals surface area contributed by atoms with E-state index in [4.69, 9.17) is 0 Å². The third-order valence-corrected chi connectivity index (χ3v) is 5.97. The zero-order valence-electron chi connectivity index (χ0n) is 15.7. The first-order valence-corrected chi connectivity index (χ1v) is 10.3. The van der Waals surface area contributed by atoms with Gasteiger partial charge in [0.05, 0.1) is 21.8 Å². The highest BCUT2D eigenvalue weighted by Gasteiger charge is 2.38. The summed E-state index contributed by atoms with van der Waals surface area (Å²) < 4.78 is 54.1. The topological polar surface area (TPSA) is 104 Å². The summed E-state index contributed by atoms with van der Waals surface area (Å²) in [4.78, 5) is 24.8. The number of nitrogens with one attached hydrogen (secondary N) is 3. The van der Waals surface area contributed by atoms with Gasteiger partial charge in [0.25, 0.3) is 15.9 Å². The van der Waals surface area contributed by atoms with Gasteiger partial charge in [-0.25, -0.2) is 17.2 Å². The number of sulfonamides is 1. The smallest absolute Gasteiger partial charge is 0.262 e. The number of carbonyl (C=O) groups excluding carboxylic acids is 2. The molecule has 0 spiro atoms. The average molecular weight is 423 g/mol. The summed E-state index contributed by atoms with van der Waals surface area (Å²) in [5, 5.41) is 5.27. The minimum atomic E-state index is -4.28. The minimum absolute atomic E-state index is 0.0411. The molecule has 3 rings (SSSR count). The van der Waals surface area contributed by atoms with E-state index in [0.717, 1.165) is 18.2 Å². The molecule has 1 aliphatic rings. The van der Waals surface area contributed by atoms with Crippen molar-refractivity contribution in [1.82, 2.24) is 5.32 Å². The van der Waals surface area contributed by atoms with Crippen LogP contribution in [0.2, 0.25) is 0 Å². The lowest BCUT2D eigenvalue weighted by molar-refractivity contribution is -0.121. The second-order valence-corrected chi connectivity index (χ2v) is 8.61. The van der Waals surface area contributed by atoms with Gasteiger partial charge < -0.3 is 10.6 Å². The molecule has 2 aromatic rings. The molecule has 0 fully saturated rings. The van der Waals surface area contributed by atoms with Crippen LogP contribution in [0.15, 0.2) is 41.3 Å². The molecule has 154 valence electrons. The van der Waals surface area contributed by atoms with Crippen molar-refractivity contribution < 1.29 is 26.8 Å². The van der Waals surface area contributed by atoms with Gasteiger partial charge in [-0.2, -0.15) is 0 Å². The van der Waals surface area contributed by atoms with E-state index in [-0.39, 0.29) is 16.1 Å². The summed E-state index contributed by atoms with van der Waals surface area (Å²) in [6.45, 7) is 3.46. The Labute approximate surface area is 166 Å². The van der Waals surface area contributed by atoms with Crippen molar-refractivity contribution in [3.05, 3.63) is 53.6 Å². The maximum absolute atomic E-state index is 13.8. The fraction of sp³-hybridized carbons (Fsp3) is 0.263. The van der Waals surface area contributed by atoms with E-state index in [0.29, 0.717) is 18.9 Å². The van der Waals surface area contributed by atoms with Gasteiger partial charge in [-0.1, -0.05) is 13.3 Å². The summed E-state index contributed by atoms with van der Waals surface area (Å²) in [6, 6.07) is 5.97. The second kappa shape index (κ2) is 7.43. The van der Waals surface area contributed by atoms with Crippen LogP contribution in [0, 0.1) is 11.6 Å². The molecule has 0 bridgehead atoms. The minimum Gasteiger partial charge on any atom is -0.338 e. The predicted octanol–water partition coefficient (Wildman–Crippen LogP) is 3.01. The molecular weight excluding hydrogens is 404 g/mol. The number of rotatable bonds is 5. The van der Waals surface area contributed by atoms with Crippen LogP contribution >= 0.6 is 0 Å². The standard InChI is InChI=1S/C19H19F2N3O4S/c1-3-8-19(2)18(26)22-15-7-5-12(10-13(15)17(25)23-19)29(27,28)24-16-6-4-11(20)9-14(16)21/h4-7,9-10,24H,3,8H2,1-2H3,(H,22,26)(H,23,25). The Balaban J connectivity index is 1.97. The highest BCUT2D eigenvalue weighted by atomic mass is 32.2.